The van der Waals surface area contributed by atoms with Crippen LogP contribution in [-0.4, -0.2) is 18.8 Å². The molecule has 0 unspecified atom stereocenters. The van der Waals surface area contributed by atoms with E-state index in [-0.39, 0.29) is 0 Å². The number of hydrogen-bond donors (Lipinski definition) is 0. The van der Waals surface area contributed by atoms with Crippen LogP contribution in [0.3, 0.4) is 0 Å². The van der Waals surface area contributed by atoms with Crippen LogP contribution in [-0.2, 0) is 0 Å². The van der Waals surface area contributed by atoms with Crippen molar-refractivity contribution in [3.63, 3.8) is 0 Å². The second-order valence-electron chi connectivity index (χ2n) is 5.04. The van der Waals surface area contributed by atoms with Crippen LogP contribution in [0.1, 0.15) is 59.3 Å². The van der Waals surface area contributed by atoms with Gasteiger partial charge < -0.3 is 0 Å². The molecule has 0 bridgehead atoms. The summed E-state index contributed by atoms with van der Waals surface area (Å²) in [5.74, 6) is 0. The fourth-order valence-electron chi connectivity index (χ4n) is 2.36. The van der Waals surface area contributed by atoms with Gasteiger partial charge in [0.25, 0.3) is 0 Å². The van der Waals surface area contributed by atoms with Crippen LogP contribution in [0.4, 0.5) is 0 Å². The SMILES string of the molecule is C=C[CH2][Sb+]([CH2]CCC)([CH2]CCC)[CH2]CCC. The molecular weight excluding hydrogens is 302 g/mol. The molecular formula is C15H32Sb+. The van der Waals surface area contributed by atoms with Gasteiger partial charge in [-0.25, -0.2) is 0 Å². The Labute approximate surface area is 108 Å². The monoisotopic (exact) mass is 333 g/mol. The molecule has 0 nitrogen and oxygen atoms in total. The Kier molecular flexibility index (Phi) is 11.1. The average molecular weight is 334 g/mol. The van der Waals surface area contributed by atoms with Gasteiger partial charge in [0.1, 0.15) is 0 Å². The average Bonchev–Trinajstić information content (AvgIpc) is 2.31. The predicted octanol–water partition coefficient (Wildman–Crippen LogP) is 6.02. The normalized spacial score (nSPS) is 11.7. The number of allylic oxidation sites excluding steroid dienone is 1. The molecule has 0 aromatic heterocycles. The zero-order valence-corrected chi connectivity index (χ0v) is 14.4. The maximum absolute atomic E-state index is 4.02. The van der Waals surface area contributed by atoms with Crippen molar-refractivity contribution < 1.29 is 0 Å². The topological polar surface area (TPSA) is 0 Å². The first kappa shape index (κ1) is 16.6. The van der Waals surface area contributed by atoms with Crippen LogP contribution in [0.2, 0.25) is 17.5 Å². The van der Waals surface area contributed by atoms with E-state index in [1.54, 1.807) is 13.1 Å². The van der Waals surface area contributed by atoms with Gasteiger partial charge in [0, 0.05) is 0 Å². The summed E-state index contributed by atoms with van der Waals surface area (Å²) in [6.07, 6.45) is 10.8. The van der Waals surface area contributed by atoms with Crippen molar-refractivity contribution in [1.29, 1.82) is 0 Å². The van der Waals surface area contributed by atoms with E-state index in [0.29, 0.717) is 0 Å². The summed E-state index contributed by atoms with van der Waals surface area (Å²) in [6.45, 7) is 11.0. The van der Waals surface area contributed by atoms with E-state index in [1.807, 2.05) is 0 Å². The Morgan fingerprint density at radius 3 is 1.44 bits per heavy atom. The third-order valence-electron chi connectivity index (χ3n) is 3.47. The van der Waals surface area contributed by atoms with Crippen LogP contribution in [0.25, 0.3) is 0 Å². The van der Waals surface area contributed by atoms with E-state index in [9.17, 15) is 0 Å². The molecule has 0 aliphatic carbocycles. The van der Waals surface area contributed by atoms with Crippen LogP contribution in [0.5, 0.6) is 0 Å². The molecule has 0 heterocycles. The van der Waals surface area contributed by atoms with Gasteiger partial charge in [-0.15, -0.1) is 0 Å². The van der Waals surface area contributed by atoms with Crippen molar-refractivity contribution in [3.8, 4) is 0 Å². The maximum atomic E-state index is 4.02. The van der Waals surface area contributed by atoms with Crippen molar-refractivity contribution in [2.75, 3.05) is 0 Å². The van der Waals surface area contributed by atoms with E-state index in [1.165, 1.54) is 42.9 Å². The molecule has 0 radical (unpaired) electrons. The Bertz CT molecular complexity index is 141. The third kappa shape index (κ3) is 7.00. The van der Waals surface area contributed by atoms with E-state index >= 15 is 0 Å². The zero-order valence-electron chi connectivity index (χ0n) is 11.8. The van der Waals surface area contributed by atoms with Crippen LogP contribution in [0, 0.1) is 0 Å². The van der Waals surface area contributed by atoms with Gasteiger partial charge >= 0.3 is 108 Å². The van der Waals surface area contributed by atoms with Gasteiger partial charge in [-0.3, -0.25) is 0 Å². The molecule has 0 saturated heterocycles. The molecule has 0 aliphatic rings. The predicted molar refractivity (Wildman–Crippen MR) is 79.9 cm³/mol. The Hall–Kier alpha value is 0.558. The molecule has 0 aliphatic heterocycles. The van der Waals surface area contributed by atoms with Crippen LogP contribution in [0.15, 0.2) is 12.7 Å². The minimum absolute atomic E-state index is 1.38. The van der Waals surface area contributed by atoms with Gasteiger partial charge in [0.05, 0.1) is 0 Å². The van der Waals surface area contributed by atoms with E-state index < -0.39 is 18.8 Å². The second-order valence-corrected chi connectivity index (χ2v) is 17.6. The van der Waals surface area contributed by atoms with Gasteiger partial charge in [0.2, 0.25) is 0 Å². The molecule has 0 N–H and O–H groups in total. The molecule has 96 valence electrons. The summed E-state index contributed by atoms with van der Waals surface area (Å²) in [7, 11) is 0. The standard InChI is InChI=1S/3C4H9.C3H5.Sb/c3*1-3-4-2;1-3-2;/h3*1,3-4H2,2H3;3H,1-2H2;/q;;;;+1. The molecule has 0 aromatic carbocycles. The zero-order chi connectivity index (χ0) is 12.3. The van der Waals surface area contributed by atoms with Gasteiger partial charge in [-0.2, -0.15) is 0 Å². The van der Waals surface area contributed by atoms with Crippen molar-refractivity contribution in [1.82, 2.24) is 0 Å². The minimum atomic E-state index is -1.66. The molecule has 0 atom stereocenters. The molecule has 0 spiro atoms. The van der Waals surface area contributed by atoms with Crippen molar-refractivity contribution in [3.05, 3.63) is 12.7 Å². The first-order valence-corrected chi connectivity index (χ1v) is 14.4. The van der Waals surface area contributed by atoms with E-state index in [4.69, 9.17) is 0 Å². The number of rotatable bonds is 11. The summed E-state index contributed by atoms with van der Waals surface area (Å²) in [5.41, 5.74) is 0. The molecule has 0 amide bonds. The first-order chi connectivity index (χ1) is 7.74. The quantitative estimate of drug-likeness (QED) is 0.320. The van der Waals surface area contributed by atoms with Gasteiger partial charge in [0.15, 0.2) is 0 Å². The molecule has 1 heteroatoms. The van der Waals surface area contributed by atoms with E-state index in [2.05, 4.69) is 33.4 Å². The summed E-state index contributed by atoms with van der Waals surface area (Å²) in [4.78, 5) is 0. The Balaban J connectivity index is 4.37. The second kappa shape index (κ2) is 10.7. The fourth-order valence-corrected chi connectivity index (χ4v) is 15.9. The number of unbranched alkanes of at least 4 members (excludes halogenated alkanes) is 3. The summed E-state index contributed by atoms with van der Waals surface area (Å²) in [6, 6.07) is 0. The Morgan fingerprint density at radius 2 is 1.19 bits per heavy atom. The van der Waals surface area contributed by atoms with Crippen LogP contribution >= 0.6 is 0 Å². The first-order valence-electron chi connectivity index (χ1n) is 7.20. The Morgan fingerprint density at radius 1 is 0.812 bits per heavy atom. The van der Waals surface area contributed by atoms with Crippen molar-refractivity contribution in [2.24, 2.45) is 0 Å². The summed E-state index contributed by atoms with van der Waals surface area (Å²) >= 11 is -1.66. The van der Waals surface area contributed by atoms with E-state index in [0.717, 1.165) is 0 Å². The van der Waals surface area contributed by atoms with Crippen molar-refractivity contribution >= 4 is 18.8 Å². The third-order valence-corrected chi connectivity index (χ3v) is 17.3. The molecule has 0 aromatic rings. The van der Waals surface area contributed by atoms with Gasteiger partial charge in [-0.1, -0.05) is 0 Å². The number of hydrogen-bond acceptors (Lipinski definition) is 0. The van der Waals surface area contributed by atoms with Crippen molar-refractivity contribution in [2.45, 2.75) is 76.8 Å². The molecule has 0 saturated carbocycles. The van der Waals surface area contributed by atoms with Crippen LogP contribution < -0.4 is 0 Å². The van der Waals surface area contributed by atoms with Gasteiger partial charge in [-0.05, 0) is 0 Å². The summed E-state index contributed by atoms with van der Waals surface area (Å²) in [5, 5.41) is 0. The molecule has 0 fully saturated rings. The molecule has 0 rings (SSSR count). The summed E-state index contributed by atoms with van der Waals surface area (Å²) < 4.78 is 6.27. The fraction of sp³-hybridized carbons (Fsp3) is 0.867. The molecule has 16 heavy (non-hydrogen) atoms.